The number of carboxylic acid groups (broad SMARTS) is 1. The maximum atomic E-state index is 11.0. The van der Waals surface area contributed by atoms with Crippen LogP contribution < -0.4 is 10.9 Å². The van der Waals surface area contributed by atoms with E-state index in [0.29, 0.717) is 16.9 Å². The van der Waals surface area contributed by atoms with Gasteiger partial charge in [-0.1, -0.05) is 25.1 Å². The molecule has 0 radical (unpaired) electrons. The van der Waals surface area contributed by atoms with Gasteiger partial charge in [-0.3, -0.25) is 5.01 Å². The number of fused-ring (bicyclic) bond motifs is 1. The topological polar surface area (TPSA) is 67.8 Å². The molecule has 0 aromatic carbocycles. The van der Waals surface area contributed by atoms with Gasteiger partial charge in [0.15, 0.2) is 0 Å². The molecule has 6 nitrogen and oxygen atoms in total. The molecular weight excluding hydrogens is 252 g/mol. The van der Waals surface area contributed by atoms with Crippen molar-refractivity contribution in [2.24, 2.45) is 0 Å². The number of nitrogens with one attached hydrogen (secondary N) is 2. The van der Waals surface area contributed by atoms with Gasteiger partial charge in [-0.15, -0.1) is 5.53 Å². The summed E-state index contributed by atoms with van der Waals surface area (Å²) >= 11 is 5.18. The lowest BCUT2D eigenvalue weighted by atomic mass is 10.2. The van der Waals surface area contributed by atoms with Crippen LogP contribution in [-0.4, -0.2) is 32.1 Å². The first-order chi connectivity index (χ1) is 8.65. The summed E-state index contributed by atoms with van der Waals surface area (Å²) in [5.41, 5.74) is 3.29. The third-order valence-corrected chi connectivity index (χ3v) is 3.72. The Labute approximate surface area is 110 Å². The number of carboxylic acids is 1. The van der Waals surface area contributed by atoms with Gasteiger partial charge in [-0.2, -0.15) is 0 Å². The molecule has 18 heavy (non-hydrogen) atoms. The summed E-state index contributed by atoms with van der Waals surface area (Å²) in [7, 11) is 0. The highest BCUT2D eigenvalue weighted by atomic mass is 32.1. The lowest BCUT2D eigenvalue weighted by Crippen LogP contribution is -2.49. The molecule has 0 amide bonds. The Kier molecular flexibility index (Phi) is 2.71. The van der Waals surface area contributed by atoms with Crippen LogP contribution >= 0.6 is 12.2 Å². The fourth-order valence-electron chi connectivity index (χ4n) is 2.49. The first kappa shape index (κ1) is 11.5. The summed E-state index contributed by atoms with van der Waals surface area (Å²) < 4.78 is 0. The van der Waals surface area contributed by atoms with Crippen LogP contribution in [0.15, 0.2) is 23.8 Å². The van der Waals surface area contributed by atoms with Gasteiger partial charge in [-0.25, -0.2) is 9.80 Å². The standard InChI is InChI=1S/C11H14N4O2S/c16-11(17)8-5-10(18)15-9(12-8)6-14(13-15)7-3-1-2-4-7/h5-7,12-13H,1-4H2,(H,16,17). The molecule has 1 fully saturated rings. The van der Waals surface area contributed by atoms with Crippen LogP contribution in [0.25, 0.3) is 0 Å². The number of nitrogens with zero attached hydrogens (tertiary/aromatic N) is 2. The third-order valence-electron chi connectivity index (χ3n) is 3.42. The van der Waals surface area contributed by atoms with Gasteiger partial charge in [0.1, 0.15) is 16.5 Å². The van der Waals surface area contributed by atoms with Gasteiger partial charge in [0.05, 0.1) is 6.20 Å². The minimum atomic E-state index is -1.00. The van der Waals surface area contributed by atoms with Crippen molar-refractivity contribution in [2.45, 2.75) is 31.7 Å². The third kappa shape index (κ3) is 1.85. The highest BCUT2D eigenvalue weighted by Gasteiger charge is 2.33. The number of aliphatic carboxylic acids is 1. The Morgan fingerprint density at radius 2 is 2.17 bits per heavy atom. The number of hydrogen-bond acceptors (Lipinski definition) is 5. The maximum Gasteiger partial charge on any atom is 0.352 e. The van der Waals surface area contributed by atoms with Crippen LogP contribution in [-0.2, 0) is 4.79 Å². The molecule has 0 aromatic rings. The zero-order valence-electron chi connectivity index (χ0n) is 9.72. The maximum absolute atomic E-state index is 11.0. The van der Waals surface area contributed by atoms with Crippen LogP contribution in [0.1, 0.15) is 25.7 Å². The summed E-state index contributed by atoms with van der Waals surface area (Å²) in [5.74, 6) is -0.330. The largest absolute Gasteiger partial charge is 0.477 e. The minimum Gasteiger partial charge on any atom is -0.477 e. The molecule has 3 aliphatic rings. The molecule has 2 heterocycles. The van der Waals surface area contributed by atoms with E-state index in [1.807, 2.05) is 11.2 Å². The SMILES string of the molecule is O=C(O)C1=CC(=S)N2NN(C3CCCC3)C=C2N1. The summed E-state index contributed by atoms with van der Waals surface area (Å²) in [4.78, 5) is 11.4. The Hall–Kier alpha value is -1.60. The van der Waals surface area contributed by atoms with E-state index in [9.17, 15) is 4.79 Å². The molecule has 2 aliphatic heterocycles. The fourth-order valence-corrected chi connectivity index (χ4v) is 2.75. The predicted octanol–water partition coefficient (Wildman–Crippen LogP) is 0.664. The Morgan fingerprint density at radius 3 is 2.83 bits per heavy atom. The highest BCUT2D eigenvalue weighted by Crippen LogP contribution is 2.26. The molecular formula is C11H14N4O2S. The van der Waals surface area contributed by atoms with E-state index in [2.05, 4.69) is 10.9 Å². The van der Waals surface area contributed by atoms with Crippen LogP contribution in [0.3, 0.4) is 0 Å². The zero-order valence-corrected chi connectivity index (χ0v) is 10.5. The van der Waals surface area contributed by atoms with Crippen molar-refractivity contribution in [2.75, 3.05) is 0 Å². The lowest BCUT2D eigenvalue weighted by molar-refractivity contribution is -0.133. The van der Waals surface area contributed by atoms with Crippen molar-refractivity contribution in [1.29, 1.82) is 0 Å². The Morgan fingerprint density at radius 1 is 1.44 bits per heavy atom. The molecule has 0 unspecified atom stereocenters. The Bertz CT molecular complexity index is 468. The molecule has 1 saturated carbocycles. The second-order valence-corrected chi connectivity index (χ2v) is 5.04. The lowest BCUT2D eigenvalue weighted by Gasteiger charge is -2.29. The molecule has 7 heteroatoms. The van der Waals surface area contributed by atoms with E-state index in [-0.39, 0.29) is 5.70 Å². The van der Waals surface area contributed by atoms with Crippen molar-refractivity contribution in [3.05, 3.63) is 23.8 Å². The zero-order chi connectivity index (χ0) is 12.7. The Balaban J connectivity index is 1.80. The second kappa shape index (κ2) is 4.25. The van der Waals surface area contributed by atoms with E-state index < -0.39 is 5.97 Å². The number of rotatable bonds is 2. The molecule has 0 bridgehead atoms. The monoisotopic (exact) mass is 266 g/mol. The molecule has 0 aromatic heterocycles. The molecule has 0 atom stereocenters. The molecule has 0 saturated heterocycles. The van der Waals surface area contributed by atoms with Crippen LogP contribution in [0.4, 0.5) is 0 Å². The molecule has 1 aliphatic carbocycles. The van der Waals surface area contributed by atoms with Gasteiger partial charge >= 0.3 is 5.97 Å². The van der Waals surface area contributed by atoms with Crippen molar-refractivity contribution in [3.63, 3.8) is 0 Å². The average Bonchev–Trinajstić information content (AvgIpc) is 2.96. The van der Waals surface area contributed by atoms with Gasteiger partial charge < -0.3 is 10.4 Å². The van der Waals surface area contributed by atoms with Gasteiger partial charge in [-0.05, 0) is 12.8 Å². The molecule has 3 N–H and O–H groups in total. The van der Waals surface area contributed by atoms with Gasteiger partial charge in [0.2, 0.25) is 0 Å². The van der Waals surface area contributed by atoms with Crippen molar-refractivity contribution < 1.29 is 9.90 Å². The summed E-state index contributed by atoms with van der Waals surface area (Å²) in [6, 6.07) is 0.459. The minimum absolute atomic E-state index is 0.109. The normalized spacial score (nSPS) is 23.7. The van der Waals surface area contributed by atoms with Crippen molar-refractivity contribution >= 4 is 23.2 Å². The first-order valence-corrected chi connectivity index (χ1v) is 6.38. The number of hydrazine groups is 2. The average molecular weight is 266 g/mol. The summed E-state index contributed by atoms with van der Waals surface area (Å²) in [5, 5.41) is 15.5. The van der Waals surface area contributed by atoms with E-state index >= 15 is 0 Å². The van der Waals surface area contributed by atoms with E-state index in [0.717, 1.165) is 12.8 Å². The second-order valence-electron chi connectivity index (χ2n) is 4.62. The highest BCUT2D eigenvalue weighted by molar-refractivity contribution is 7.80. The number of hydrogen-bond donors (Lipinski definition) is 3. The fraction of sp³-hybridized carbons (Fsp3) is 0.455. The summed E-state index contributed by atoms with van der Waals surface area (Å²) in [6.07, 6.45) is 8.11. The van der Waals surface area contributed by atoms with Crippen LogP contribution in [0.5, 0.6) is 0 Å². The van der Waals surface area contributed by atoms with E-state index in [1.54, 1.807) is 5.01 Å². The van der Waals surface area contributed by atoms with Crippen LogP contribution in [0.2, 0.25) is 0 Å². The number of carbonyl (C=O) groups is 1. The summed E-state index contributed by atoms with van der Waals surface area (Å²) in [6.45, 7) is 0. The van der Waals surface area contributed by atoms with Crippen molar-refractivity contribution in [1.82, 2.24) is 20.9 Å². The smallest absolute Gasteiger partial charge is 0.352 e. The van der Waals surface area contributed by atoms with Crippen LogP contribution in [0, 0.1) is 0 Å². The van der Waals surface area contributed by atoms with E-state index in [1.165, 1.54) is 18.9 Å². The number of thiocarbonyl (C=S) groups is 1. The molecule has 96 valence electrons. The molecule has 3 rings (SSSR count). The first-order valence-electron chi connectivity index (χ1n) is 5.98. The molecule has 0 spiro atoms. The van der Waals surface area contributed by atoms with Gasteiger partial charge in [0, 0.05) is 12.1 Å². The van der Waals surface area contributed by atoms with Crippen molar-refractivity contribution in [3.8, 4) is 0 Å². The predicted molar refractivity (Wildman–Crippen MR) is 68.6 cm³/mol. The van der Waals surface area contributed by atoms with Gasteiger partial charge in [0.25, 0.3) is 0 Å². The van der Waals surface area contributed by atoms with E-state index in [4.69, 9.17) is 17.3 Å². The quantitative estimate of drug-likeness (QED) is 0.634.